The van der Waals surface area contributed by atoms with E-state index in [1.165, 1.54) is 5.56 Å². The number of nitrogens with one attached hydrogen (secondary N) is 1. The molecule has 3 aromatic carbocycles. The van der Waals surface area contributed by atoms with Gasteiger partial charge in [0, 0.05) is 47.8 Å². The topological polar surface area (TPSA) is 61.0 Å². The number of fused-ring (bicyclic) bond motifs is 3. The molecule has 7 nitrogen and oxygen atoms in total. The fraction of sp³-hybridized carbons (Fsp3) is 0.364. The van der Waals surface area contributed by atoms with Crippen molar-refractivity contribution in [3.05, 3.63) is 94.1 Å². The van der Waals surface area contributed by atoms with Crippen molar-refractivity contribution < 1.29 is 14.3 Å². The number of nitrogens with zero attached hydrogens (tertiary/aromatic N) is 3. The third-order valence-corrected chi connectivity index (χ3v) is 7.86. The fourth-order valence-corrected chi connectivity index (χ4v) is 5.50. The van der Waals surface area contributed by atoms with Gasteiger partial charge >= 0.3 is 6.09 Å². The van der Waals surface area contributed by atoms with Gasteiger partial charge in [-0.1, -0.05) is 41.4 Å². The van der Waals surface area contributed by atoms with E-state index in [-0.39, 0.29) is 12.1 Å². The van der Waals surface area contributed by atoms with Crippen molar-refractivity contribution >= 4 is 28.6 Å². The Labute approximate surface area is 247 Å². The number of aromatic amines is 1. The average Bonchev–Trinajstić information content (AvgIpc) is 3.33. The molecule has 41 heavy (non-hydrogen) atoms. The van der Waals surface area contributed by atoms with Gasteiger partial charge in [-0.05, 0) is 94.5 Å². The van der Waals surface area contributed by atoms with Crippen LogP contribution in [0.4, 0.5) is 4.79 Å². The van der Waals surface area contributed by atoms with Crippen LogP contribution in [-0.4, -0.2) is 79.7 Å². The number of halogens is 1. The number of carbonyl (C=O) groups is 1. The molecule has 1 aromatic heterocycles. The zero-order valence-electron chi connectivity index (χ0n) is 24.3. The molecule has 1 aliphatic rings. The van der Waals surface area contributed by atoms with Gasteiger partial charge in [-0.2, -0.15) is 0 Å². The first-order valence-corrected chi connectivity index (χ1v) is 14.6. The largest absolute Gasteiger partial charge is 0.494 e. The molecule has 0 aliphatic carbocycles. The van der Waals surface area contributed by atoms with Crippen molar-refractivity contribution in [3.8, 4) is 11.5 Å². The smallest absolute Gasteiger partial charge is 0.416 e. The van der Waals surface area contributed by atoms with Gasteiger partial charge in [0.05, 0.1) is 6.61 Å². The summed E-state index contributed by atoms with van der Waals surface area (Å²) in [4.78, 5) is 23.4. The van der Waals surface area contributed by atoms with Crippen molar-refractivity contribution in [1.29, 1.82) is 0 Å². The van der Waals surface area contributed by atoms with Crippen LogP contribution in [0.3, 0.4) is 0 Å². The number of aromatic nitrogens is 1. The van der Waals surface area contributed by atoms with Crippen LogP contribution in [-0.2, 0) is 6.42 Å². The van der Waals surface area contributed by atoms with Crippen LogP contribution in [0.2, 0.25) is 5.02 Å². The molecule has 216 valence electrons. The van der Waals surface area contributed by atoms with Gasteiger partial charge in [-0.15, -0.1) is 0 Å². The van der Waals surface area contributed by atoms with E-state index in [2.05, 4.69) is 35.9 Å². The quantitative estimate of drug-likeness (QED) is 0.218. The molecule has 1 amide bonds. The highest BCUT2D eigenvalue weighted by Gasteiger charge is 2.35. The standard InChI is InChI=1S/C33H39ClN4O3/c1-23-6-11-27(12-7-23)41-33(39)38-18-16-28-29-22-25(34)10-15-30(29)35-31(28)32(38)24-8-13-26(14-9-24)40-21-5-17-37(4)20-19-36(2)3/h6-15,22,32,35H,5,16-21H2,1-4H3/t32-/m0/s1. The van der Waals surface area contributed by atoms with E-state index in [9.17, 15) is 4.79 Å². The second kappa shape index (κ2) is 13.0. The lowest BCUT2D eigenvalue weighted by Crippen LogP contribution is -2.42. The van der Waals surface area contributed by atoms with Gasteiger partial charge < -0.3 is 24.3 Å². The molecule has 0 saturated heterocycles. The highest BCUT2D eigenvalue weighted by atomic mass is 35.5. The summed E-state index contributed by atoms with van der Waals surface area (Å²) >= 11 is 6.35. The van der Waals surface area contributed by atoms with Crippen LogP contribution < -0.4 is 9.47 Å². The zero-order valence-corrected chi connectivity index (χ0v) is 25.1. The molecule has 0 radical (unpaired) electrons. The molecule has 0 unspecified atom stereocenters. The van der Waals surface area contributed by atoms with Crippen LogP contribution >= 0.6 is 11.6 Å². The highest BCUT2D eigenvalue weighted by Crippen LogP contribution is 2.40. The van der Waals surface area contributed by atoms with E-state index in [0.29, 0.717) is 30.3 Å². The molecule has 0 saturated carbocycles. The normalized spacial score (nSPS) is 15.0. The number of ether oxygens (including phenoxy) is 2. The van der Waals surface area contributed by atoms with E-state index < -0.39 is 0 Å². The molecular weight excluding hydrogens is 536 g/mol. The molecule has 0 spiro atoms. The lowest BCUT2D eigenvalue weighted by Gasteiger charge is -2.35. The number of aryl methyl sites for hydroxylation is 1. The summed E-state index contributed by atoms with van der Waals surface area (Å²) in [6.07, 6.45) is 1.28. The van der Waals surface area contributed by atoms with Gasteiger partial charge in [0.25, 0.3) is 0 Å². The summed E-state index contributed by atoms with van der Waals surface area (Å²) in [6, 6.07) is 21.2. The van der Waals surface area contributed by atoms with Crippen molar-refractivity contribution in [2.45, 2.75) is 25.8 Å². The van der Waals surface area contributed by atoms with E-state index >= 15 is 0 Å². The summed E-state index contributed by atoms with van der Waals surface area (Å²) in [6.45, 7) is 6.25. The molecule has 4 aromatic rings. The first kappa shape index (κ1) is 29.0. The van der Waals surface area contributed by atoms with E-state index in [0.717, 1.165) is 59.5 Å². The van der Waals surface area contributed by atoms with Gasteiger partial charge in [0.1, 0.15) is 17.5 Å². The maximum Gasteiger partial charge on any atom is 0.416 e. The Morgan fingerprint density at radius 3 is 2.44 bits per heavy atom. The van der Waals surface area contributed by atoms with Crippen molar-refractivity contribution in [1.82, 2.24) is 19.7 Å². The number of H-pyrrole nitrogens is 1. The molecule has 5 rings (SSSR count). The molecular formula is C33H39ClN4O3. The lowest BCUT2D eigenvalue weighted by atomic mass is 9.92. The van der Waals surface area contributed by atoms with E-state index in [1.807, 2.05) is 73.7 Å². The lowest BCUT2D eigenvalue weighted by molar-refractivity contribution is 0.135. The number of amides is 1. The maximum atomic E-state index is 13.5. The predicted molar refractivity (Wildman–Crippen MR) is 165 cm³/mol. The van der Waals surface area contributed by atoms with Crippen molar-refractivity contribution in [2.24, 2.45) is 0 Å². The SMILES string of the molecule is Cc1ccc(OC(=O)N2CCc3c([nH]c4ccc(Cl)cc34)[C@@H]2c2ccc(OCCCN(C)CCN(C)C)cc2)cc1. The van der Waals surface area contributed by atoms with E-state index in [4.69, 9.17) is 21.1 Å². The minimum atomic E-state index is -0.375. The Balaban J connectivity index is 1.34. The maximum absolute atomic E-state index is 13.5. The minimum Gasteiger partial charge on any atom is -0.494 e. The van der Waals surface area contributed by atoms with Gasteiger partial charge in [-0.25, -0.2) is 4.79 Å². The summed E-state index contributed by atoms with van der Waals surface area (Å²) in [5.41, 5.74) is 5.28. The predicted octanol–water partition coefficient (Wildman–Crippen LogP) is 6.54. The number of carbonyl (C=O) groups excluding carboxylic acids is 1. The van der Waals surface area contributed by atoms with Crippen LogP contribution in [0.15, 0.2) is 66.7 Å². The number of rotatable bonds is 10. The Bertz CT molecular complexity index is 1470. The van der Waals surface area contributed by atoms with Crippen LogP contribution in [0.1, 0.15) is 34.8 Å². The Hall–Kier alpha value is -3.52. The molecule has 1 aliphatic heterocycles. The van der Waals surface area contributed by atoms with Crippen molar-refractivity contribution in [3.63, 3.8) is 0 Å². The molecule has 1 N–H and O–H groups in total. The summed E-state index contributed by atoms with van der Waals surface area (Å²) < 4.78 is 11.9. The Morgan fingerprint density at radius 1 is 0.976 bits per heavy atom. The third kappa shape index (κ3) is 7.04. The molecule has 0 fully saturated rings. The first-order chi connectivity index (χ1) is 19.8. The molecule has 8 heteroatoms. The summed E-state index contributed by atoms with van der Waals surface area (Å²) in [5, 5.41) is 1.79. The minimum absolute atomic E-state index is 0.331. The number of hydrogen-bond donors (Lipinski definition) is 1. The number of likely N-dealkylation sites (N-methyl/N-ethyl adjacent to an activating group) is 2. The monoisotopic (exact) mass is 574 g/mol. The molecule has 2 heterocycles. The number of hydrogen-bond acceptors (Lipinski definition) is 5. The Morgan fingerprint density at radius 2 is 1.71 bits per heavy atom. The van der Waals surface area contributed by atoms with Gasteiger partial charge in [0.15, 0.2) is 0 Å². The van der Waals surface area contributed by atoms with Gasteiger partial charge in [-0.3, -0.25) is 4.90 Å². The first-order valence-electron chi connectivity index (χ1n) is 14.2. The average molecular weight is 575 g/mol. The third-order valence-electron chi connectivity index (χ3n) is 7.63. The zero-order chi connectivity index (χ0) is 28.9. The van der Waals surface area contributed by atoms with E-state index in [1.54, 1.807) is 4.90 Å². The Kier molecular flexibility index (Phi) is 9.18. The molecule has 0 bridgehead atoms. The summed E-state index contributed by atoms with van der Waals surface area (Å²) in [7, 11) is 6.33. The van der Waals surface area contributed by atoms with Crippen LogP contribution in [0, 0.1) is 6.92 Å². The fourth-order valence-electron chi connectivity index (χ4n) is 5.32. The number of benzene rings is 3. The molecule has 1 atom stereocenters. The van der Waals surface area contributed by atoms with Crippen LogP contribution in [0.5, 0.6) is 11.5 Å². The highest BCUT2D eigenvalue weighted by molar-refractivity contribution is 6.31. The summed E-state index contributed by atoms with van der Waals surface area (Å²) in [5.74, 6) is 1.35. The second-order valence-corrected chi connectivity index (χ2v) is 11.5. The van der Waals surface area contributed by atoms with Crippen molar-refractivity contribution in [2.75, 3.05) is 53.9 Å². The van der Waals surface area contributed by atoms with Gasteiger partial charge in [0.2, 0.25) is 0 Å². The van der Waals surface area contributed by atoms with Crippen LogP contribution in [0.25, 0.3) is 10.9 Å². The second-order valence-electron chi connectivity index (χ2n) is 11.1.